The van der Waals surface area contributed by atoms with E-state index in [4.69, 9.17) is 5.11 Å². The SMILES string of the molecule is CCC1(CNC)CCNC1.CCO. The third-order valence-corrected chi connectivity index (χ3v) is 2.63. The van der Waals surface area contributed by atoms with E-state index in [9.17, 15) is 0 Å². The molecule has 1 unspecified atom stereocenters. The zero-order valence-electron chi connectivity index (χ0n) is 9.19. The summed E-state index contributed by atoms with van der Waals surface area (Å²) in [5.74, 6) is 0. The smallest absolute Gasteiger partial charge is 0.0402 e. The van der Waals surface area contributed by atoms with Gasteiger partial charge >= 0.3 is 0 Å². The third-order valence-electron chi connectivity index (χ3n) is 2.63. The zero-order valence-corrected chi connectivity index (χ0v) is 9.19. The van der Waals surface area contributed by atoms with Crippen LogP contribution in [0.4, 0.5) is 0 Å². The maximum absolute atomic E-state index is 7.57. The van der Waals surface area contributed by atoms with Gasteiger partial charge in [-0.3, -0.25) is 0 Å². The molecule has 13 heavy (non-hydrogen) atoms. The third kappa shape index (κ3) is 4.60. The Labute approximate surface area is 81.9 Å². The van der Waals surface area contributed by atoms with Gasteiger partial charge in [-0.2, -0.15) is 0 Å². The van der Waals surface area contributed by atoms with Gasteiger partial charge in [-0.05, 0) is 38.8 Å². The van der Waals surface area contributed by atoms with Crippen molar-refractivity contribution in [3.63, 3.8) is 0 Å². The average Bonchev–Trinajstić information content (AvgIpc) is 2.56. The van der Waals surface area contributed by atoms with Crippen LogP contribution in [0.5, 0.6) is 0 Å². The highest BCUT2D eigenvalue weighted by Crippen LogP contribution is 2.27. The van der Waals surface area contributed by atoms with Crippen LogP contribution in [0.1, 0.15) is 26.7 Å². The van der Waals surface area contributed by atoms with E-state index in [1.165, 1.54) is 25.9 Å². The summed E-state index contributed by atoms with van der Waals surface area (Å²) in [6.07, 6.45) is 2.63. The molecule has 3 heteroatoms. The molecule has 3 N–H and O–H groups in total. The molecule has 1 aliphatic rings. The van der Waals surface area contributed by atoms with Gasteiger partial charge in [0.05, 0.1) is 0 Å². The van der Waals surface area contributed by atoms with E-state index in [2.05, 4.69) is 17.6 Å². The van der Waals surface area contributed by atoms with Crippen LogP contribution in [0, 0.1) is 5.41 Å². The Morgan fingerprint density at radius 2 is 2.08 bits per heavy atom. The number of nitrogens with one attached hydrogen (secondary N) is 2. The quantitative estimate of drug-likeness (QED) is 0.607. The summed E-state index contributed by atoms with van der Waals surface area (Å²) in [5.41, 5.74) is 0.564. The van der Waals surface area contributed by atoms with E-state index in [1.807, 2.05) is 7.05 Å². The monoisotopic (exact) mass is 188 g/mol. The van der Waals surface area contributed by atoms with Crippen LogP contribution >= 0.6 is 0 Å². The fraction of sp³-hybridized carbons (Fsp3) is 1.00. The molecule has 0 radical (unpaired) electrons. The van der Waals surface area contributed by atoms with E-state index < -0.39 is 0 Å². The molecular weight excluding hydrogens is 164 g/mol. The Balaban J connectivity index is 0.000000424. The van der Waals surface area contributed by atoms with Crippen molar-refractivity contribution >= 4 is 0 Å². The predicted octanol–water partition coefficient (Wildman–Crippen LogP) is 0.594. The first-order valence-corrected chi connectivity index (χ1v) is 5.21. The zero-order chi connectivity index (χ0) is 10.2. The van der Waals surface area contributed by atoms with Gasteiger partial charge in [0.1, 0.15) is 0 Å². The predicted molar refractivity (Wildman–Crippen MR) is 56.9 cm³/mol. The van der Waals surface area contributed by atoms with Gasteiger partial charge < -0.3 is 15.7 Å². The van der Waals surface area contributed by atoms with Crippen LogP contribution in [0.15, 0.2) is 0 Å². The molecule has 0 aromatic carbocycles. The summed E-state index contributed by atoms with van der Waals surface area (Å²) >= 11 is 0. The summed E-state index contributed by atoms with van der Waals surface area (Å²) in [6.45, 7) is 7.78. The van der Waals surface area contributed by atoms with E-state index in [0.29, 0.717) is 5.41 Å². The lowest BCUT2D eigenvalue weighted by Gasteiger charge is -2.25. The maximum atomic E-state index is 7.57. The summed E-state index contributed by atoms with van der Waals surface area (Å²) in [7, 11) is 2.04. The molecule has 0 bridgehead atoms. The highest BCUT2D eigenvalue weighted by atomic mass is 16.2. The second-order valence-corrected chi connectivity index (χ2v) is 3.63. The Kier molecular flexibility index (Phi) is 7.23. The van der Waals surface area contributed by atoms with Crippen molar-refractivity contribution in [1.82, 2.24) is 10.6 Å². The fourth-order valence-electron chi connectivity index (χ4n) is 1.75. The molecule has 1 fully saturated rings. The van der Waals surface area contributed by atoms with Crippen molar-refractivity contribution in [3.05, 3.63) is 0 Å². The molecule has 0 spiro atoms. The molecule has 0 saturated carbocycles. The Morgan fingerprint density at radius 3 is 2.38 bits per heavy atom. The van der Waals surface area contributed by atoms with Gasteiger partial charge in [-0.25, -0.2) is 0 Å². The topological polar surface area (TPSA) is 44.3 Å². The van der Waals surface area contributed by atoms with Gasteiger partial charge in [0.2, 0.25) is 0 Å². The van der Waals surface area contributed by atoms with Crippen molar-refractivity contribution in [2.24, 2.45) is 5.41 Å². The standard InChI is InChI=1S/C8H18N2.C2H6O/c1-3-8(6-9-2)4-5-10-7-8;1-2-3/h9-10H,3-7H2,1-2H3;3H,2H2,1H3. The molecule has 1 saturated heterocycles. The van der Waals surface area contributed by atoms with Crippen molar-refractivity contribution in [2.45, 2.75) is 26.7 Å². The van der Waals surface area contributed by atoms with Crippen LogP contribution in [0.25, 0.3) is 0 Å². The van der Waals surface area contributed by atoms with E-state index in [1.54, 1.807) is 6.92 Å². The molecule has 1 rings (SSSR count). The number of aliphatic hydroxyl groups is 1. The van der Waals surface area contributed by atoms with E-state index in [0.717, 1.165) is 6.54 Å². The first kappa shape index (κ1) is 12.9. The van der Waals surface area contributed by atoms with Crippen molar-refractivity contribution < 1.29 is 5.11 Å². The molecule has 0 aliphatic carbocycles. The second-order valence-electron chi connectivity index (χ2n) is 3.63. The lowest BCUT2D eigenvalue weighted by atomic mass is 9.84. The first-order valence-electron chi connectivity index (χ1n) is 5.21. The van der Waals surface area contributed by atoms with Gasteiger partial charge in [0, 0.05) is 19.7 Å². The molecule has 0 aromatic rings. The van der Waals surface area contributed by atoms with Crippen LogP contribution in [0.2, 0.25) is 0 Å². The van der Waals surface area contributed by atoms with Gasteiger partial charge in [0.15, 0.2) is 0 Å². The summed E-state index contributed by atoms with van der Waals surface area (Å²) < 4.78 is 0. The lowest BCUT2D eigenvalue weighted by molar-refractivity contribution is 0.300. The minimum absolute atomic E-state index is 0.250. The summed E-state index contributed by atoms with van der Waals surface area (Å²) in [5, 5.41) is 14.2. The number of rotatable bonds is 3. The minimum atomic E-state index is 0.250. The minimum Gasteiger partial charge on any atom is -0.397 e. The number of hydrogen-bond donors (Lipinski definition) is 3. The van der Waals surface area contributed by atoms with Crippen molar-refractivity contribution in [1.29, 1.82) is 0 Å². The van der Waals surface area contributed by atoms with Crippen molar-refractivity contribution in [3.8, 4) is 0 Å². The average molecular weight is 188 g/mol. The highest BCUT2D eigenvalue weighted by molar-refractivity contribution is 4.87. The number of aliphatic hydroxyl groups excluding tert-OH is 1. The van der Waals surface area contributed by atoms with Gasteiger partial charge in [-0.15, -0.1) is 0 Å². The van der Waals surface area contributed by atoms with Crippen LogP contribution in [-0.4, -0.2) is 38.4 Å². The lowest BCUT2D eigenvalue weighted by Crippen LogP contribution is -2.33. The van der Waals surface area contributed by atoms with Crippen LogP contribution < -0.4 is 10.6 Å². The largest absolute Gasteiger partial charge is 0.397 e. The molecular formula is C10H24N2O. The molecule has 3 nitrogen and oxygen atoms in total. The van der Waals surface area contributed by atoms with Crippen molar-refractivity contribution in [2.75, 3.05) is 33.3 Å². The van der Waals surface area contributed by atoms with Crippen LogP contribution in [0.3, 0.4) is 0 Å². The van der Waals surface area contributed by atoms with Crippen LogP contribution in [-0.2, 0) is 0 Å². The molecule has 0 aromatic heterocycles. The normalized spacial score (nSPS) is 26.8. The summed E-state index contributed by atoms with van der Waals surface area (Å²) in [4.78, 5) is 0. The molecule has 1 atom stereocenters. The Bertz CT molecular complexity index is 111. The van der Waals surface area contributed by atoms with Gasteiger partial charge in [0.25, 0.3) is 0 Å². The van der Waals surface area contributed by atoms with Gasteiger partial charge in [-0.1, -0.05) is 6.92 Å². The Morgan fingerprint density at radius 1 is 1.46 bits per heavy atom. The molecule has 1 heterocycles. The molecule has 0 amide bonds. The first-order chi connectivity index (χ1) is 6.24. The molecule has 80 valence electrons. The van der Waals surface area contributed by atoms with E-state index >= 15 is 0 Å². The second kappa shape index (κ2) is 7.30. The maximum Gasteiger partial charge on any atom is 0.0402 e. The van der Waals surface area contributed by atoms with E-state index in [-0.39, 0.29) is 6.61 Å². The highest BCUT2D eigenvalue weighted by Gasteiger charge is 2.30. The Hall–Kier alpha value is -0.120. The number of hydrogen-bond acceptors (Lipinski definition) is 3. The molecule has 1 aliphatic heterocycles. The summed E-state index contributed by atoms with van der Waals surface area (Å²) in [6, 6.07) is 0. The fourth-order valence-corrected chi connectivity index (χ4v) is 1.75.